The lowest BCUT2D eigenvalue weighted by Gasteiger charge is -2.28. The van der Waals surface area contributed by atoms with E-state index >= 15 is 0 Å². The lowest BCUT2D eigenvalue weighted by Crippen LogP contribution is -2.38. The van der Waals surface area contributed by atoms with Crippen LogP contribution in [0.2, 0.25) is 0 Å². The highest BCUT2D eigenvalue weighted by atomic mass is 32.1. The number of ether oxygens (including phenoxy) is 1. The van der Waals surface area contributed by atoms with Gasteiger partial charge in [-0.05, 0) is 46.2 Å². The molecule has 0 spiro atoms. The zero-order valence-corrected chi connectivity index (χ0v) is 15.9. The van der Waals surface area contributed by atoms with Crippen LogP contribution in [0, 0.1) is 6.92 Å². The number of amides is 1. The maximum Gasteiger partial charge on any atom is 0.233 e. The summed E-state index contributed by atoms with van der Waals surface area (Å²) in [7, 11) is 0. The Balaban J connectivity index is 2.16. The van der Waals surface area contributed by atoms with E-state index in [0.717, 1.165) is 22.0 Å². The van der Waals surface area contributed by atoms with Gasteiger partial charge in [-0.1, -0.05) is 18.2 Å². The van der Waals surface area contributed by atoms with Crippen LogP contribution in [-0.4, -0.2) is 23.5 Å². The second-order valence-corrected chi connectivity index (χ2v) is 6.99. The molecule has 0 saturated carbocycles. The average Bonchev–Trinajstić information content (AvgIpc) is 2.98. The van der Waals surface area contributed by atoms with Crippen LogP contribution in [0.15, 0.2) is 29.6 Å². The van der Waals surface area contributed by atoms with Crippen molar-refractivity contribution in [3.8, 4) is 0 Å². The van der Waals surface area contributed by atoms with E-state index in [2.05, 4.69) is 4.98 Å². The lowest BCUT2D eigenvalue weighted by atomic mass is 10.1. The number of aryl methyl sites for hydroxylation is 1. The fourth-order valence-electron chi connectivity index (χ4n) is 2.69. The number of aromatic nitrogens is 1. The predicted octanol–water partition coefficient (Wildman–Crippen LogP) is 4.53. The Bertz CT molecular complexity index is 682. The summed E-state index contributed by atoms with van der Waals surface area (Å²) >= 11 is 1.55. The molecule has 1 atom stereocenters. The van der Waals surface area contributed by atoms with E-state index in [1.165, 1.54) is 0 Å². The van der Waals surface area contributed by atoms with Crippen LogP contribution in [0.3, 0.4) is 0 Å². The normalized spacial score (nSPS) is 12.4. The van der Waals surface area contributed by atoms with Crippen molar-refractivity contribution >= 4 is 22.9 Å². The number of thiazole rings is 1. The molecule has 0 fully saturated rings. The number of anilines is 1. The first-order chi connectivity index (χ1) is 11.4. The number of para-hydroxylation sites is 1. The van der Waals surface area contributed by atoms with Gasteiger partial charge < -0.3 is 9.64 Å². The zero-order chi connectivity index (χ0) is 17.7. The van der Waals surface area contributed by atoms with E-state index in [1.54, 1.807) is 11.3 Å². The molecule has 0 aliphatic carbocycles. The third kappa shape index (κ3) is 4.42. The van der Waals surface area contributed by atoms with Crippen LogP contribution >= 0.6 is 11.3 Å². The molecule has 0 unspecified atom stereocenters. The van der Waals surface area contributed by atoms with Crippen molar-refractivity contribution in [1.29, 1.82) is 0 Å². The third-order valence-corrected chi connectivity index (χ3v) is 4.88. The summed E-state index contributed by atoms with van der Waals surface area (Å²) < 4.78 is 5.57. The first-order valence-electron chi connectivity index (χ1n) is 8.37. The van der Waals surface area contributed by atoms with Gasteiger partial charge in [-0.15, -0.1) is 11.3 Å². The highest BCUT2D eigenvalue weighted by molar-refractivity contribution is 7.09. The fourth-order valence-corrected chi connectivity index (χ4v) is 3.51. The van der Waals surface area contributed by atoms with Gasteiger partial charge in [0.2, 0.25) is 5.91 Å². The molecule has 1 heterocycles. The van der Waals surface area contributed by atoms with E-state index < -0.39 is 0 Å². The maximum atomic E-state index is 12.9. The smallest absolute Gasteiger partial charge is 0.233 e. The second kappa shape index (κ2) is 8.40. The van der Waals surface area contributed by atoms with Gasteiger partial charge in [-0.2, -0.15) is 0 Å². The molecule has 0 aliphatic heterocycles. The molecule has 5 heteroatoms. The number of rotatable bonds is 7. The van der Waals surface area contributed by atoms with Gasteiger partial charge in [-0.3, -0.25) is 4.79 Å². The predicted molar refractivity (Wildman–Crippen MR) is 99.7 cm³/mol. The molecule has 2 aromatic rings. The van der Waals surface area contributed by atoms with Gasteiger partial charge in [0, 0.05) is 23.7 Å². The summed E-state index contributed by atoms with van der Waals surface area (Å²) in [5, 5.41) is 2.88. The molecule has 1 amide bonds. The molecular weight excluding hydrogens is 320 g/mol. The van der Waals surface area contributed by atoms with Gasteiger partial charge in [0.25, 0.3) is 0 Å². The highest BCUT2D eigenvalue weighted by Gasteiger charge is 2.22. The van der Waals surface area contributed by atoms with Crippen molar-refractivity contribution < 1.29 is 9.53 Å². The minimum atomic E-state index is -0.0265. The molecule has 4 nitrogen and oxygen atoms in total. The van der Waals surface area contributed by atoms with Gasteiger partial charge in [0.05, 0.1) is 12.1 Å². The molecule has 1 aromatic carbocycles. The van der Waals surface area contributed by atoms with Gasteiger partial charge >= 0.3 is 0 Å². The van der Waals surface area contributed by atoms with E-state index in [4.69, 9.17) is 4.74 Å². The van der Waals surface area contributed by atoms with E-state index in [9.17, 15) is 4.79 Å². The molecule has 0 N–H and O–H groups in total. The minimum absolute atomic E-state index is 0.0265. The first-order valence-corrected chi connectivity index (χ1v) is 9.25. The fraction of sp³-hybridized carbons (Fsp3) is 0.474. The monoisotopic (exact) mass is 346 g/mol. The number of carbonyl (C=O) groups is 1. The van der Waals surface area contributed by atoms with Gasteiger partial charge in [0.15, 0.2) is 0 Å². The van der Waals surface area contributed by atoms with Crippen LogP contribution < -0.4 is 4.90 Å². The van der Waals surface area contributed by atoms with E-state index in [0.29, 0.717) is 13.0 Å². The number of hydrogen-bond donors (Lipinski definition) is 0. The third-order valence-electron chi connectivity index (χ3n) is 3.83. The van der Waals surface area contributed by atoms with Crippen molar-refractivity contribution in [3.63, 3.8) is 0 Å². The molecule has 130 valence electrons. The Hall–Kier alpha value is -1.72. The topological polar surface area (TPSA) is 42.4 Å². The van der Waals surface area contributed by atoms with Crippen LogP contribution in [0.1, 0.15) is 50.1 Å². The number of hydrogen-bond acceptors (Lipinski definition) is 4. The second-order valence-electron chi connectivity index (χ2n) is 6.10. The van der Waals surface area contributed by atoms with Crippen molar-refractivity contribution in [2.75, 3.05) is 11.5 Å². The summed E-state index contributed by atoms with van der Waals surface area (Å²) in [4.78, 5) is 19.3. The molecule has 0 bridgehead atoms. The number of carbonyl (C=O) groups excluding carboxylic acids is 1. The maximum absolute atomic E-state index is 12.9. The Morgan fingerprint density at radius 2 is 2.00 bits per heavy atom. The average molecular weight is 346 g/mol. The Labute approximate surface area is 148 Å². The van der Waals surface area contributed by atoms with E-state index in [-0.39, 0.29) is 18.1 Å². The van der Waals surface area contributed by atoms with Crippen LogP contribution in [0.25, 0.3) is 0 Å². The Kier molecular flexibility index (Phi) is 6.52. The number of nitrogens with zero attached hydrogens (tertiary/aromatic N) is 2. The summed E-state index contributed by atoms with van der Waals surface area (Å²) in [5.41, 5.74) is 2.88. The van der Waals surface area contributed by atoms with Crippen molar-refractivity contribution in [3.05, 3.63) is 45.9 Å². The van der Waals surface area contributed by atoms with Crippen LogP contribution in [-0.2, 0) is 16.0 Å². The molecule has 24 heavy (non-hydrogen) atoms. The van der Waals surface area contributed by atoms with Crippen molar-refractivity contribution in [2.24, 2.45) is 0 Å². The Morgan fingerprint density at radius 3 is 2.62 bits per heavy atom. The Morgan fingerprint density at radius 1 is 1.29 bits per heavy atom. The van der Waals surface area contributed by atoms with Gasteiger partial charge in [-0.25, -0.2) is 4.98 Å². The highest BCUT2D eigenvalue weighted by Crippen LogP contribution is 2.25. The zero-order valence-electron chi connectivity index (χ0n) is 15.1. The molecule has 0 aliphatic rings. The molecule has 0 saturated heterocycles. The quantitative estimate of drug-likeness (QED) is 0.739. The largest absolute Gasteiger partial charge is 0.372 e. The molecule has 1 aromatic heterocycles. The molecular formula is C19H26N2O2S. The van der Waals surface area contributed by atoms with Crippen molar-refractivity contribution in [2.45, 2.75) is 53.2 Å². The first kappa shape index (κ1) is 18.6. The SMILES string of the molecule is CCO[C@H](C)c1nc(CC(=O)N(c2ccccc2C)C(C)C)cs1. The molecule has 2 rings (SSSR count). The summed E-state index contributed by atoms with van der Waals surface area (Å²) in [6.07, 6.45) is 0.281. The lowest BCUT2D eigenvalue weighted by molar-refractivity contribution is -0.118. The summed E-state index contributed by atoms with van der Waals surface area (Å²) in [5.74, 6) is 0.0696. The van der Waals surface area contributed by atoms with Gasteiger partial charge in [0.1, 0.15) is 11.1 Å². The minimum Gasteiger partial charge on any atom is -0.372 e. The number of benzene rings is 1. The summed E-state index contributed by atoms with van der Waals surface area (Å²) in [6.45, 7) is 10.7. The standard InChI is InChI=1S/C19H26N2O2S/c1-6-23-15(5)19-20-16(12-24-19)11-18(22)21(13(2)3)17-10-8-7-9-14(17)4/h7-10,12-13,15H,6,11H2,1-5H3/t15-/m1/s1. The van der Waals surface area contributed by atoms with E-state index in [1.807, 2.05) is 69.2 Å². The molecule has 0 radical (unpaired) electrons. The van der Waals surface area contributed by atoms with Crippen LogP contribution in [0.4, 0.5) is 5.69 Å². The van der Waals surface area contributed by atoms with Crippen LogP contribution in [0.5, 0.6) is 0 Å². The van der Waals surface area contributed by atoms with Crippen molar-refractivity contribution in [1.82, 2.24) is 4.98 Å². The summed E-state index contributed by atoms with van der Waals surface area (Å²) in [6, 6.07) is 8.08.